The number of rotatable bonds is 2. The molecule has 0 aliphatic rings. The summed E-state index contributed by atoms with van der Waals surface area (Å²) < 4.78 is 0. The van der Waals surface area contributed by atoms with Gasteiger partial charge in [-0.1, -0.05) is 0 Å². The zero-order valence-corrected chi connectivity index (χ0v) is 4.53. The third-order valence-electron chi connectivity index (χ3n) is 0.748. The summed E-state index contributed by atoms with van der Waals surface area (Å²) in [6.07, 6.45) is -2.51. The van der Waals surface area contributed by atoms with Gasteiger partial charge in [0, 0.05) is 0 Å². The minimum atomic E-state index is -1.44. The maximum atomic E-state index is 9.95. The summed E-state index contributed by atoms with van der Waals surface area (Å²) in [5.41, 5.74) is 4.59. The molecule has 0 bridgehead atoms. The van der Waals surface area contributed by atoms with Gasteiger partial charge in [0.05, 0.1) is 6.10 Å². The molecule has 0 saturated carbocycles. The number of amides is 1. The van der Waals surface area contributed by atoms with E-state index in [4.69, 9.17) is 10.2 Å². The van der Waals surface area contributed by atoms with Gasteiger partial charge in [0.25, 0.3) is 0 Å². The molecule has 8 heavy (non-hydrogen) atoms. The van der Waals surface area contributed by atoms with Gasteiger partial charge in [0.15, 0.2) is 6.10 Å². The Labute approximate surface area is 46.9 Å². The van der Waals surface area contributed by atoms with Crippen molar-refractivity contribution in [1.29, 1.82) is 0 Å². The maximum absolute atomic E-state index is 9.95. The van der Waals surface area contributed by atoms with E-state index in [9.17, 15) is 4.79 Å². The largest absolute Gasteiger partial charge is 0.390 e. The lowest BCUT2D eigenvalue weighted by molar-refractivity contribution is -0.130. The van der Waals surface area contributed by atoms with Crippen LogP contribution in [0.15, 0.2) is 0 Å². The van der Waals surface area contributed by atoms with Crippen molar-refractivity contribution in [3.63, 3.8) is 0 Å². The molecule has 0 unspecified atom stereocenters. The molecule has 1 amide bonds. The van der Waals surface area contributed by atoms with Crippen LogP contribution >= 0.6 is 0 Å². The van der Waals surface area contributed by atoms with Crippen LogP contribution in [0.1, 0.15) is 6.92 Å². The molecule has 48 valence electrons. The van der Waals surface area contributed by atoms with Gasteiger partial charge in [-0.15, -0.1) is 0 Å². The monoisotopic (exact) mass is 119 g/mol. The molecule has 0 aromatic carbocycles. The molecular weight excluding hydrogens is 110 g/mol. The molecule has 0 radical (unpaired) electrons. The van der Waals surface area contributed by atoms with Crippen LogP contribution in [0.25, 0.3) is 0 Å². The number of primary amides is 1. The van der Waals surface area contributed by atoms with Crippen LogP contribution in [0.2, 0.25) is 0 Å². The molecule has 4 N–H and O–H groups in total. The summed E-state index contributed by atoms with van der Waals surface area (Å²) >= 11 is 0. The van der Waals surface area contributed by atoms with Gasteiger partial charge >= 0.3 is 0 Å². The highest BCUT2D eigenvalue weighted by Gasteiger charge is 2.15. The third-order valence-corrected chi connectivity index (χ3v) is 0.748. The Morgan fingerprint density at radius 3 is 2.00 bits per heavy atom. The molecular formula is C4H9NO3. The molecule has 0 heterocycles. The number of hydrogen-bond acceptors (Lipinski definition) is 3. The summed E-state index contributed by atoms with van der Waals surface area (Å²) in [5.74, 6) is -0.903. The molecule has 0 saturated heterocycles. The quantitative estimate of drug-likeness (QED) is 0.401. The topological polar surface area (TPSA) is 83.6 Å². The van der Waals surface area contributed by atoms with E-state index >= 15 is 0 Å². The second-order valence-electron chi connectivity index (χ2n) is 1.59. The van der Waals surface area contributed by atoms with Crippen LogP contribution in [0.3, 0.4) is 0 Å². The van der Waals surface area contributed by atoms with Gasteiger partial charge in [0.1, 0.15) is 0 Å². The Balaban J connectivity index is 3.64. The van der Waals surface area contributed by atoms with Gasteiger partial charge in [0.2, 0.25) is 5.91 Å². The van der Waals surface area contributed by atoms with Crippen molar-refractivity contribution >= 4 is 5.91 Å². The summed E-state index contributed by atoms with van der Waals surface area (Å²) in [6, 6.07) is 0. The van der Waals surface area contributed by atoms with Crippen LogP contribution in [0.4, 0.5) is 0 Å². The van der Waals surface area contributed by atoms with Gasteiger partial charge in [-0.25, -0.2) is 0 Å². The number of carbonyl (C=O) groups is 1. The van der Waals surface area contributed by atoms with E-state index in [0.29, 0.717) is 0 Å². The predicted octanol–water partition coefficient (Wildman–Crippen LogP) is -1.79. The number of hydrogen-bond donors (Lipinski definition) is 3. The fourth-order valence-corrected chi connectivity index (χ4v) is 0.238. The van der Waals surface area contributed by atoms with E-state index in [-0.39, 0.29) is 0 Å². The summed E-state index contributed by atoms with van der Waals surface area (Å²) in [7, 11) is 0. The van der Waals surface area contributed by atoms with E-state index in [2.05, 4.69) is 5.73 Å². The molecule has 2 atom stereocenters. The fourth-order valence-electron chi connectivity index (χ4n) is 0.238. The molecule has 0 aromatic heterocycles. The smallest absolute Gasteiger partial charge is 0.248 e. The third kappa shape index (κ3) is 1.90. The van der Waals surface area contributed by atoms with E-state index in [1.54, 1.807) is 0 Å². The lowest BCUT2D eigenvalue weighted by Crippen LogP contribution is -2.36. The van der Waals surface area contributed by atoms with E-state index in [1.165, 1.54) is 6.92 Å². The predicted molar refractivity (Wildman–Crippen MR) is 26.9 cm³/mol. The van der Waals surface area contributed by atoms with Crippen molar-refractivity contribution in [1.82, 2.24) is 0 Å². The normalized spacial score (nSPS) is 17.4. The number of carbonyl (C=O) groups excluding carboxylic acids is 1. The van der Waals surface area contributed by atoms with Gasteiger partial charge in [-0.05, 0) is 6.92 Å². The fraction of sp³-hybridized carbons (Fsp3) is 0.750. The summed E-state index contributed by atoms with van der Waals surface area (Å²) in [6.45, 7) is 1.29. The molecule has 0 aliphatic heterocycles. The average Bonchev–Trinajstić information content (AvgIpc) is 1.64. The molecule has 0 spiro atoms. The van der Waals surface area contributed by atoms with Crippen molar-refractivity contribution < 1.29 is 15.0 Å². The van der Waals surface area contributed by atoms with Crippen LogP contribution < -0.4 is 5.73 Å². The second-order valence-corrected chi connectivity index (χ2v) is 1.59. The Kier molecular flexibility index (Phi) is 2.44. The van der Waals surface area contributed by atoms with Crippen molar-refractivity contribution in [2.75, 3.05) is 0 Å². The standard InChI is InChI=1S/C4H9NO3/c1-2(6)3(7)4(5)8/h2-3,6-7H,1H3,(H2,5,8)/t2-,3-/m1/s1. The zero-order chi connectivity index (χ0) is 6.73. The van der Waals surface area contributed by atoms with Crippen molar-refractivity contribution in [2.45, 2.75) is 19.1 Å². The first-order chi connectivity index (χ1) is 3.55. The lowest BCUT2D eigenvalue weighted by Gasteiger charge is -2.07. The van der Waals surface area contributed by atoms with Gasteiger partial charge < -0.3 is 15.9 Å². The molecule has 0 rings (SSSR count). The van der Waals surface area contributed by atoms with Gasteiger partial charge in [-0.2, -0.15) is 0 Å². The molecule has 0 aromatic rings. The highest BCUT2D eigenvalue weighted by molar-refractivity contribution is 5.79. The van der Waals surface area contributed by atoms with Crippen LogP contribution in [0, 0.1) is 0 Å². The zero-order valence-electron chi connectivity index (χ0n) is 4.53. The SMILES string of the molecule is C[C@@H](O)[C@@H](O)C(N)=O. The summed E-state index contributed by atoms with van der Waals surface area (Å²) in [5, 5.41) is 16.9. The van der Waals surface area contributed by atoms with Crippen molar-refractivity contribution in [3.8, 4) is 0 Å². The number of nitrogens with two attached hydrogens (primary N) is 1. The highest BCUT2D eigenvalue weighted by atomic mass is 16.3. The second kappa shape index (κ2) is 2.64. The molecule has 0 aliphatic carbocycles. The first-order valence-electron chi connectivity index (χ1n) is 2.21. The maximum Gasteiger partial charge on any atom is 0.248 e. The van der Waals surface area contributed by atoms with Crippen molar-refractivity contribution in [3.05, 3.63) is 0 Å². The molecule has 4 heteroatoms. The Bertz CT molecular complexity index is 91.3. The highest BCUT2D eigenvalue weighted by Crippen LogP contribution is 1.87. The van der Waals surface area contributed by atoms with E-state index in [1.807, 2.05) is 0 Å². The van der Waals surface area contributed by atoms with Crippen LogP contribution in [-0.2, 0) is 4.79 Å². The minimum Gasteiger partial charge on any atom is -0.390 e. The Morgan fingerprint density at radius 2 is 2.00 bits per heavy atom. The Morgan fingerprint density at radius 1 is 1.62 bits per heavy atom. The number of aliphatic hydroxyl groups is 2. The van der Waals surface area contributed by atoms with Crippen molar-refractivity contribution in [2.24, 2.45) is 5.73 Å². The average molecular weight is 119 g/mol. The van der Waals surface area contributed by atoms with Crippen LogP contribution in [0.5, 0.6) is 0 Å². The number of aliphatic hydroxyl groups excluding tert-OH is 2. The summed E-state index contributed by atoms with van der Waals surface area (Å²) in [4.78, 5) is 9.95. The van der Waals surface area contributed by atoms with Gasteiger partial charge in [-0.3, -0.25) is 4.79 Å². The minimum absolute atomic E-state index is 0.903. The molecule has 4 nitrogen and oxygen atoms in total. The van der Waals surface area contributed by atoms with E-state index in [0.717, 1.165) is 0 Å². The molecule has 0 fully saturated rings. The van der Waals surface area contributed by atoms with Crippen LogP contribution in [-0.4, -0.2) is 28.3 Å². The lowest BCUT2D eigenvalue weighted by atomic mass is 10.2. The van der Waals surface area contributed by atoms with E-state index < -0.39 is 18.1 Å². The first kappa shape index (κ1) is 7.39. The Hall–Kier alpha value is -0.610. The first-order valence-corrected chi connectivity index (χ1v) is 2.21.